The van der Waals surface area contributed by atoms with Crippen molar-refractivity contribution in [3.05, 3.63) is 132 Å². The maximum atomic E-state index is 9.05. The standard InChI is InChI=1S/C26H24N2O/c29-19-11-10-18-25-20-28(21-27-25)26(22-12-4-1-5-13-22,23-14-6-2-7-15-23)24-16-8-3-9-17-24/h1-10,12-18,20-21,29H,11,19H2. The molecule has 0 aliphatic rings. The lowest BCUT2D eigenvalue weighted by molar-refractivity contribution is 0.303. The second-order valence-electron chi connectivity index (χ2n) is 6.93. The molecule has 1 N–H and O–H groups in total. The second kappa shape index (κ2) is 8.72. The smallest absolute Gasteiger partial charge is 0.121 e. The van der Waals surface area contributed by atoms with Crippen molar-refractivity contribution in [1.29, 1.82) is 0 Å². The zero-order chi connectivity index (χ0) is 19.9. The molecule has 0 atom stereocenters. The zero-order valence-electron chi connectivity index (χ0n) is 16.2. The van der Waals surface area contributed by atoms with Crippen LogP contribution in [0.15, 0.2) is 110 Å². The Hall–Kier alpha value is -3.43. The van der Waals surface area contributed by atoms with Gasteiger partial charge in [0.2, 0.25) is 0 Å². The highest BCUT2D eigenvalue weighted by Crippen LogP contribution is 2.40. The Bertz CT molecular complexity index is 957. The van der Waals surface area contributed by atoms with Gasteiger partial charge in [-0.3, -0.25) is 0 Å². The minimum atomic E-state index is -0.542. The van der Waals surface area contributed by atoms with Crippen molar-refractivity contribution in [2.45, 2.75) is 12.0 Å². The topological polar surface area (TPSA) is 38.0 Å². The van der Waals surface area contributed by atoms with Crippen molar-refractivity contribution in [3.8, 4) is 0 Å². The monoisotopic (exact) mass is 380 g/mol. The van der Waals surface area contributed by atoms with Gasteiger partial charge < -0.3 is 9.67 Å². The van der Waals surface area contributed by atoms with Crippen LogP contribution >= 0.6 is 0 Å². The first-order valence-corrected chi connectivity index (χ1v) is 9.84. The number of nitrogens with zero attached hydrogens (tertiary/aromatic N) is 2. The molecule has 0 unspecified atom stereocenters. The third-order valence-corrected chi connectivity index (χ3v) is 5.15. The van der Waals surface area contributed by atoms with Crippen LogP contribution in [0.3, 0.4) is 0 Å². The van der Waals surface area contributed by atoms with Crippen LogP contribution in [0.2, 0.25) is 0 Å². The third-order valence-electron chi connectivity index (χ3n) is 5.15. The number of rotatable bonds is 7. The highest BCUT2D eigenvalue weighted by molar-refractivity contribution is 5.52. The Kier molecular flexibility index (Phi) is 5.68. The quantitative estimate of drug-likeness (QED) is 0.452. The molecule has 4 rings (SSSR count). The Morgan fingerprint density at radius 3 is 1.69 bits per heavy atom. The van der Waals surface area contributed by atoms with Gasteiger partial charge in [0.1, 0.15) is 5.54 Å². The van der Waals surface area contributed by atoms with E-state index < -0.39 is 5.54 Å². The van der Waals surface area contributed by atoms with Gasteiger partial charge in [-0.05, 0) is 29.2 Å². The van der Waals surface area contributed by atoms with Crippen LogP contribution in [-0.2, 0) is 5.54 Å². The van der Waals surface area contributed by atoms with Crippen molar-refractivity contribution in [2.75, 3.05) is 6.61 Å². The van der Waals surface area contributed by atoms with E-state index in [4.69, 9.17) is 5.11 Å². The van der Waals surface area contributed by atoms with E-state index in [0.29, 0.717) is 6.42 Å². The minimum absolute atomic E-state index is 0.138. The molecule has 4 aromatic rings. The molecular weight excluding hydrogens is 356 g/mol. The molecule has 3 heteroatoms. The predicted molar refractivity (Wildman–Crippen MR) is 118 cm³/mol. The molecule has 144 valence electrons. The summed E-state index contributed by atoms with van der Waals surface area (Å²) in [6.07, 6.45) is 8.49. The Labute approximate surface area is 171 Å². The van der Waals surface area contributed by atoms with Gasteiger partial charge in [-0.2, -0.15) is 0 Å². The van der Waals surface area contributed by atoms with Gasteiger partial charge in [-0.1, -0.05) is 97.1 Å². The predicted octanol–water partition coefficient (Wildman–Crippen LogP) is 5.12. The fourth-order valence-corrected chi connectivity index (χ4v) is 3.87. The molecule has 3 nitrogen and oxygen atoms in total. The van der Waals surface area contributed by atoms with Gasteiger partial charge in [0.05, 0.1) is 12.0 Å². The van der Waals surface area contributed by atoms with Crippen LogP contribution < -0.4 is 0 Å². The Morgan fingerprint density at radius 1 is 0.759 bits per heavy atom. The molecule has 0 fully saturated rings. The van der Waals surface area contributed by atoms with E-state index in [1.54, 1.807) is 0 Å². The van der Waals surface area contributed by atoms with E-state index in [-0.39, 0.29) is 6.61 Å². The van der Waals surface area contributed by atoms with Gasteiger partial charge in [0.25, 0.3) is 0 Å². The summed E-state index contributed by atoms with van der Waals surface area (Å²) in [6.45, 7) is 0.138. The van der Waals surface area contributed by atoms with Crippen LogP contribution in [0.4, 0.5) is 0 Å². The van der Waals surface area contributed by atoms with Crippen molar-refractivity contribution in [2.24, 2.45) is 0 Å². The van der Waals surface area contributed by atoms with Crippen LogP contribution in [0.1, 0.15) is 28.8 Å². The number of hydrogen-bond donors (Lipinski definition) is 1. The third kappa shape index (κ3) is 3.65. The minimum Gasteiger partial charge on any atom is -0.396 e. The van der Waals surface area contributed by atoms with E-state index in [2.05, 4.69) is 88.5 Å². The van der Waals surface area contributed by atoms with Crippen molar-refractivity contribution in [3.63, 3.8) is 0 Å². The van der Waals surface area contributed by atoms with Gasteiger partial charge in [0, 0.05) is 12.8 Å². The molecule has 0 aliphatic heterocycles. The fourth-order valence-electron chi connectivity index (χ4n) is 3.87. The van der Waals surface area contributed by atoms with Crippen LogP contribution in [0.25, 0.3) is 6.08 Å². The average molecular weight is 380 g/mol. The first-order chi connectivity index (χ1) is 14.4. The molecule has 0 bridgehead atoms. The van der Waals surface area contributed by atoms with Gasteiger partial charge in [0.15, 0.2) is 0 Å². The van der Waals surface area contributed by atoms with Crippen LogP contribution in [-0.4, -0.2) is 21.3 Å². The Balaban J connectivity index is 1.99. The SMILES string of the molecule is OCCC=Cc1cn(C(c2ccccc2)(c2ccccc2)c2ccccc2)cn1. The van der Waals surface area contributed by atoms with Gasteiger partial charge in [-0.15, -0.1) is 0 Å². The summed E-state index contributed by atoms with van der Waals surface area (Å²) >= 11 is 0. The van der Waals surface area contributed by atoms with Crippen molar-refractivity contribution >= 4 is 6.08 Å². The first-order valence-electron chi connectivity index (χ1n) is 9.84. The van der Waals surface area contributed by atoms with Crippen molar-refractivity contribution < 1.29 is 5.11 Å². The normalized spacial score (nSPS) is 11.8. The summed E-state index contributed by atoms with van der Waals surface area (Å²) in [5, 5.41) is 9.05. The summed E-state index contributed by atoms with van der Waals surface area (Å²) in [5.41, 5.74) is 3.83. The van der Waals surface area contributed by atoms with E-state index >= 15 is 0 Å². The maximum absolute atomic E-state index is 9.05. The van der Waals surface area contributed by atoms with E-state index in [1.807, 2.05) is 36.7 Å². The molecule has 0 amide bonds. The van der Waals surface area contributed by atoms with Crippen LogP contribution in [0, 0.1) is 0 Å². The molecule has 29 heavy (non-hydrogen) atoms. The Morgan fingerprint density at radius 2 is 1.24 bits per heavy atom. The second-order valence-corrected chi connectivity index (χ2v) is 6.93. The summed E-state index contributed by atoms with van der Waals surface area (Å²) < 4.78 is 2.19. The van der Waals surface area contributed by atoms with E-state index in [0.717, 1.165) is 5.69 Å². The highest BCUT2D eigenvalue weighted by Gasteiger charge is 2.38. The first kappa shape index (κ1) is 18.9. The number of imidazole rings is 1. The molecule has 0 radical (unpaired) electrons. The van der Waals surface area contributed by atoms with Crippen molar-refractivity contribution in [1.82, 2.24) is 9.55 Å². The number of benzene rings is 3. The molecule has 0 saturated carbocycles. The molecule has 0 spiro atoms. The van der Waals surface area contributed by atoms with Gasteiger partial charge >= 0.3 is 0 Å². The average Bonchev–Trinajstić information content (AvgIpc) is 3.26. The van der Waals surface area contributed by atoms with E-state index in [1.165, 1.54) is 16.7 Å². The molecule has 1 heterocycles. The molecule has 3 aromatic carbocycles. The highest BCUT2D eigenvalue weighted by atomic mass is 16.2. The molecule has 0 aliphatic carbocycles. The lowest BCUT2D eigenvalue weighted by atomic mass is 9.77. The lowest BCUT2D eigenvalue weighted by Gasteiger charge is -2.37. The summed E-state index contributed by atoms with van der Waals surface area (Å²) in [4.78, 5) is 4.62. The van der Waals surface area contributed by atoms with Gasteiger partial charge in [-0.25, -0.2) is 4.98 Å². The number of aromatic nitrogens is 2. The fraction of sp³-hybridized carbons (Fsp3) is 0.115. The summed E-state index contributed by atoms with van der Waals surface area (Å²) in [7, 11) is 0. The maximum Gasteiger partial charge on any atom is 0.121 e. The largest absolute Gasteiger partial charge is 0.396 e. The number of hydrogen-bond acceptors (Lipinski definition) is 2. The molecule has 1 aromatic heterocycles. The molecule has 0 saturated heterocycles. The number of aliphatic hydroxyl groups excluding tert-OH is 1. The zero-order valence-corrected chi connectivity index (χ0v) is 16.2. The number of aliphatic hydroxyl groups is 1. The summed E-state index contributed by atoms with van der Waals surface area (Å²) in [5.74, 6) is 0. The van der Waals surface area contributed by atoms with E-state index in [9.17, 15) is 0 Å². The molecular formula is C26H24N2O. The summed E-state index contributed by atoms with van der Waals surface area (Å²) in [6, 6.07) is 31.6. The van der Waals surface area contributed by atoms with Crippen LogP contribution in [0.5, 0.6) is 0 Å². The lowest BCUT2D eigenvalue weighted by Crippen LogP contribution is -2.36.